The summed E-state index contributed by atoms with van der Waals surface area (Å²) in [6, 6.07) is 22.4. The summed E-state index contributed by atoms with van der Waals surface area (Å²) in [7, 11) is 0. The molecule has 3 aromatic rings. The fourth-order valence-electron chi connectivity index (χ4n) is 5.01. The third kappa shape index (κ3) is 4.20. The summed E-state index contributed by atoms with van der Waals surface area (Å²) in [5.74, 6) is -1.22. The number of carbonyl (C=O) groups is 3. The quantitative estimate of drug-likeness (QED) is 0.424. The number of anilines is 1. The second-order valence-corrected chi connectivity index (χ2v) is 10.4. The van der Waals surface area contributed by atoms with Gasteiger partial charge in [-0.25, -0.2) is 9.91 Å². The second kappa shape index (κ2) is 9.60. The van der Waals surface area contributed by atoms with Gasteiger partial charge in [-0.05, 0) is 42.3 Å². The molecule has 3 atom stereocenters. The molecule has 1 saturated heterocycles. The number of hydrazone groups is 1. The number of rotatable bonds is 5. The molecule has 190 valence electrons. The van der Waals surface area contributed by atoms with E-state index in [9.17, 15) is 14.4 Å². The predicted octanol–water partition coefficient (Wildman–Crippen LogP) is 4.43. The number of imide groups is 1. The lowest BCUT2D eigenvalue weighted by Gasteiger charge is -2.25. The number of carbonyl (C=O) groups excluding carboxylic acids is 3. The lowest BCUT2D eigenvalue weighted by atomic mass is 9.98. The normalized spacial score (nSPS) is 22.3. The third-order valence-electron chi connectivity index (χ3n) is 6.98. The van der Waals surface area contributed by atoms with Crippen molar-refractivity contribution in [1.29, 1.82) is 0 Å². The maximum atomic E-state index is 13.6. The Balaban J connectivity index is 1.25. The average Bonchev–Trinajstić information content (AvgIpc) is 3.61. The van der Waals surface area contributed by atoms with Gasteiger partial charge in [0.05, 0.1) is 17.4 Å². The molecule has 10 heteroatoms. The van der Waals surface area contributed by atoms with Gasteiger partial charge in [-0.1, -0.05) is 81.3 Å². The first-order valence-electron chi connectivity index (χ1n) is 12.2. The largest absolute Gasteiger partial charge is 0.271 e. The van der Waals surface area contributed by atoms with Crippen molar-refractivity contribution in [2.75, 3.05) is 11.4 Å². The van der Waals surface area contributed by atoms with Gasteiger partial charge in [-0.15, -0.1) is 0 Å². The van der Waals surface area contributed by atoms with E-state index in [2.05, 4.69) is 26.3 Å². The van der Waals surface area contributed by atoms with Crippen molar-refractivity contribution in [3.8, 4) is 0 Å². The zero-order valence-electron chi connectivity index (χ0n) is 20.4. The molecule has 0 spiro atoms. The minimum absolute atomic E-state index is 0.230. The molecular formula is C28H23BrN6O3. The molecule has 3 heterocycles. The molecule has 0 radical (unpaired) electrons. The van der Waals surface area contributed by atoms with Gasteiger partial charge in [0.1, 0.15) is 6.54 Å². The van der Waals surface area contributed by atoms with Gasteiger partial charge in [-0.3, -0.25) is 19.4 Å². The van der Waals surface area contributed by atoms with Crippen molar-refractivity contribution < 1.29 is 14.4 Å². The zero-order chi connectivity index (χ0) is 26.4. The van der Waals surface area contributed by atoms with E-state index in [1.807, 2.05) is 73.7 Å². The van der Waals surface area contributed by atoms with Crippen LogP contribution in [0.2, 0.25) is 0 Å². The maximum absolute atomic E-state index is 13.6. The van der Waals surface area contributed by atoms with Crippen molar-refractivity contribution >= 4 is 45.1 Å². The number of benzene rings is 3. The Morgan fingerprint density at radius 2 is 1.66 bits per heavy atom. The van der Waals surface area contributed by atoms with Gasteiger partial charge < -0.3 is 0 Å². The first kappa shape index (κ1) is 24.2. The van der Waals surface area contributed by atoms with Crippen LogP contribution in [0.4, 0.5) is 5.69 Å². The average molecular weight is 571 g/mol. The summed E-state index contributed by atoms with van der Waals surface area (Å²) < 4.78 is 0.955. The summed E-state index contributed by atoms with van der Waals surface area (Å²) >= 11 is 3.46. The molecule has 0 N–H and O–H groups in total. The number of hydrogen-bond donors (Lipinski definition) is 0. The first-order chi connectivity index (χ1) is 18.4. The van der Waals surface area contributed by atoms with Crippen LogP contribution in [0.25, 0.3) is 0 Å². The van der Waals surface area contributed by atoms with Crippen molar-refractivity contribution in [1.82, 2.24) is 10.0 Å². The minimum Gasteiger partial charge on any atom is -0.271 e. The highest BCUT2D eigenvalue weighted by Crippen LogP contribution is 2.35. The lowest BCUT2D eigenvalue weighted by molar-refractivity contribution is -0.135. The molecule has 38 heavy (non-hydrogen) atoms. The lowest BCUT2D eigenvalue weighted by Crippen LogP contribution is -2.44. The number of amides is 3. The molecule has 0 aliphatic carbocycles. The Bertz CT molecular complexity index is 1470. The summed E-state index contributed by atoms with van der Waals surface area (Å²) in [5.41, 5.74) is 4.17. The van der Waals surface area contributed by atoms with Crippen LogP contribution in [0.15, 0.2) is 98.8 Å². The zero-order valence-corrected chi connectivity index (χ0v) is 22.0. The molecule has 3 aromatic carbocycles. The summed E-state index contributed by atoms with van der Waals surface area (Å²) in [6.45, 7) is 1.70. The van der Waals surface area contributed by atoms with E-state index in [0.29, 0.717) is 12.1 Å². The van der Waals surface area contributed by atoms with Crippen LogP contribution < -0.4 is 4.90 Å². The number of fused-ring (bicyclic) bond motifs is 1. The van der Waals surface area contributed by atoms with Crippen molar-refractivity contribution in [2.45, 2.75) is 31.5 Å². The third-order valence-corrected chi connectivity index (χ3v) is 7.50. The number of halogens is 1. The predicted molar refractivity (Wildman–Crippen MR) is 144 cm³/mol. The Hall–Kier alpha value is -4.18. The SMILES string of the molecule is Cc1ccc(N2C(=O)[C@@H]3[C@@H](N=NN3CC(=O)N3N=C(c4ccc(Br)cc4)C[C@@H]3c3ccccc3)C2=O)cc1. The maximum Gasteiger partial charge on any atom is 0.264 e. The van der Waals surface area contributed by atoms with Crippen molar-refractivity contribution in [3.63, 3.8) is 0 Å². The van der Waals surface area contributed by atoms with Gasteiger partial charge in [0.15, 0.2) is 12.1 Å². The van der Waals surface area contributed by atoms with Crippen LogP contribution in [0, 0.1) is 6.92 Å². The van der Waals surface area contributed by atoms with E-state index in [1.54, 1.807) is 12.1 Å². The molecule has 3 amide bonds. The molecule has 0 bridgehead atoms. The number of hydrogen-bond acceptors (Lipinski definition) is 7. The highest BCUT2D eigenvalue weighted by molar-refractivity contribution is 9.10. The molecule has 3 aliphatic rings. The van der Waals surface area contributed by atoms with Crippen molar-refractivity contribution in [2.24, 2.45) is 15.4 Å². The molecule has 1 fully saturated rings. The smallest absolute Gasteiger partial charge is 0.264 e. The van der Waals surface area contributed by atoms with Gasteiger partial charge in [0.2, 0.25) is 0 Å². The number of aryl methyl sites for hydroxylation is 1. The van der Waals surface area contributed by atoms with E-state index in [1.165, 1.54) is 10.0 Å². The Morgan fingerprint density at radius 1 is 0.947 bits per heavy atom. The Labute approximate surface area is 227 Å². The van der Waals surface area contributed by atoms with Gasteiger partial charge in [0, 0.05) is 10.9 Å². The molecule has 3 aliphatic heterocycles. The second-order valence-electron chi connectivity index (χ2n) is 9.46. The van der Waals surface area contributed by atoms with Crippen LogP contribution in [-0.2, 0) is 14.4 Å². The monoisotopic (exact) mass is 570 g/mol. The minimum atomic E-state index is -0.970. The van der Waals surface area contributed by atoms with E-state index in [4.69, 9.17) is 5.10 Å². The van der Waals surface area contributed by atoms with Crippen molar-refractivity contribution in [3.05, 3.63) is 100 Å². The summed E-state index contributed by atoms with van der Waals surface area (Å²) in [5, 5.41) is 15.6. The summed E-state index contributed by atoms with van der Waals surface area (Å²) in [4.78, 5) is 41.1. The molecule has 0 saturated carbocycles. The van der Waals surface area contributed by atoms with Crippen LogP contribution in [0.5, 0.6) is 0 Å². The van der Waals surface area contributed by atoms with Crippen LogP contribution in [-0.4, -0.2) is 52.1 Å². The molecule has 0 unspecified atom stereocenters. The fraction of sp³-hybridized carbons (Fsp3) is 0.214. The van der Waals surface area contributed by atoms with Gasteiger partial charge in [-0.2, -0.15) is 10.2 Å². The first-order valence-corrected chi connectivity index (χ1v) is 13.0. The van der Waals surface area contributed by atoms with Crippen LogP contribution in [0.3, 0.4) is 0 Å². The molecular weight excluding hydrogens is 548 g/mol. The fourth-order valence-corrected chi connectivity index (χ4v) is 5.27. The van der Waals surface area contributed by atoms with E-state index < -0.39 is 23.9 Å². The van der Waals surface area contributed by atoms with E-state index >= 15 is 0 Å². The van der Waals surface area contributed by atoms with E-state index in [-0.39, 0.29) is 18.5 Å². The van der Waals surface area contributed by atoms with Gasteiger partial charge in [0.25, 0.3) is 17.7 Å². The molecule has 0 aromatic heterocycles. The Kier molecular flexibility index (Phi) is 6.11. The van der Waals surface area contributed by atoms with Crippen LogP contribution >= 0.6 is 15.9 Å². The molecule has 6 rings (SSSR count). The number of nitrogens with zero attached hydrogens (tertiary/aromatic N) is 6. The topological polar surface area (TPSA) is 98.0 Å². The van der Waals surface area contributed by atoms with E-state index in [0.717, 1.165) is 31.8 Å². The highest BCUT2D eigenvalue weighted by Gasteiger charge is 2.55. The molecule has 9 nitrogen and oxygen atoms in total. The Morgan fingerprint density at radius 3 is 2.37 bits per heavy atom. The van der Waals surface area contributed by atoms with Gasteiger partial charge >= 0.3 is 0 Å². The van der Waals surface area contributed by atoms with Crippen LogP contribution in [0.1, 0.15) is 29.2 Å². The summed E-state index contributed by atoms with van der Waals surface area (Å²) in [6.07, 6.45) is 0.545. The standard InChI is InChI=1S/C28H23BrN6O3/c1-17-7-13-21(14-8-17)34-27(37)25-26(28(34)38)33(32-30-25)16-24(36)35-23(19-5-3-2-4-6-19)15-22(31-35)18-9-11-20(29)12-10-18/h2-14,23,25-26H,15-16H2,1H3/t23-,25-,26+/m1/s1. The highest BCUT2D eigenvalue weighted by atomic mass is 79.9.